The van der Waals surface area contributed by atoms with E-state index in [9.17, 15) is 9.59 Å². The van der Waals surface area contributed by atoms with Gasteiger partial charge in [-0.15, -0.1) is 0 Å². The van der Waals surface area contributed by atoms with Gasteiger partial charge in [0.1, 0.15) is 17.2 Å². The average Bonchev–Trinajstić information content (AvgIpc) is 3.05. The smallest absolute Gasteiger partial charge is 0.254 e. The minimum Gasteiger partial charge on any atom is -0.487 e. The van der Waals surface area contributed by atoms with Crippen LogP contribution in [-0.4, -0.2) is 21.5 Å². The second-order valence-corrected chi connectivity index (χ2v) is 7.75. The molecule has 6 heteroatoms. The number of H-pyrrole nitrogens is 1. The molecule has 1 aliphatic heterocycles. The first kappa shape index (κ1) is 17.8. The fourth-order valence-corrected chi connectivity index (χ4v) is 4.44. The van der Waals surface area contributed by atoms with Crippen LogP contribution in [0.3, 0.4) is 0 Å². The van der Waals surface area contributed by atoms with Gasteiger partial charge in [-0.25, -0.2) is 4.98 Å². The SMILES string of the molecule is Cc1nc(C)c(CC(=O)N[C@H]2CC3(CCCC3)Oc3ccccc32)c(=O)[nH]1. The third-order valence-corrected chi connectivity index (χ3v) is 5.73. The van der Waals surface area contributed by atoms with Gasteiger partial charge in [0.2, 0.25) is 5.91 Å². The number of aromatic amines is 1. The summed E-state index contributed by atoms with van der Waals surface area (Å²) in [5, 5.41) is 3.14. The Kier molecular flexibility index (Phi) is 4.50. The summed E-state index contributed by atoms with van der Waals surface area (Å²) in [4.78, 5) is 31.9. The summed E-state index contributed by atoms with van der Waals surface area (Å²) in [6.07, 6.45) is 5.17. The summed E-state index contributed by atoms with van der Waals surface area (Å²) in [5.74, 6) is 1.26. The van der Waals surface area contributed by atoms with Crippen molar-refractivity contribution in [1.29, 1.82) is 0 Å². The largest absolute Gasteiger partial charge is 0.487 e. The highest BCUT2D eigenvalue weighted by atomic mass is 16.5. The molecule has 0 bridgehead atoms. The summed E-state index contributed by atoms with van der Waals surface area (Å²) >= 11 is 0. The topological polar surface area (TPSA) is 84.1 Å². The van der Waals surface area contributed by atoms with Crippen LogP contribution in [0.2, 0.25) is 0 Å². The number of benzene rings is 1. The standard InChI is InChI=1S/C21H25N3O3/c1-13-16(20(26)23-14(2)22-13)11-19(25)24-17-12-21(9-5-6-10-21)27-18-8-4-3-7-15(17)18/h3-4,7-8,17H,5-6,9-12H2,1-2H3,(H,24,25)(H,22,23,26)/t17-/m0/s1. The van der Waals surface area contributed by atoms with Gasteiger partial charge in [0.25, 0.3) is 5.56 Å². The van der Waals surface area contributed by atoms with Crippen LogP contribution in [0.1, 0.15) is 60.8 Å². The zero-order valence-electron chi connectivity index (χ0n) is 15.8. The zero-order chi connectivity index (χ0) is 19.0. The molecule has 1 saturated carbocycles. The Balaban J connectivity index is 1.56. The van der Waals surface area contributed by atoms with Crippen LogP contribution < -0.4 is 15.6 Å². The molecule has 2 N–H and O–H groups in total. The molecule has 0 unspecified atom stereocenters. The van der Waals surface area contributed by atoms with Gasteiger partial charge in [-0.05, 0) is 45.6 Å². The van der Waals surface area contributed by atoms with Crippen LogP contribution in [0, 0.1) is 13.8 Å². The van der Waals surface area contributed by atoms with Crippen LogP contribution in [0.5, 0.6) is 5.75 Å². The van der Waals surface area contributed by atoms with E-state index in [-0.39, 0.29) is 29.5 Å². The number of nitrogens with one attached hydrogen (secondary N) is 2. The van der Waals surface area contributed by atoms with E-state index in [1.807, 2.05) is 24.3 Å². The van der Waals surface area contributed by atoms with Crippen LogP contribution in [-0.2, 0) is 11.2 Å². The molecule has 4 rings (SSSR count). The van der Waals surface area contributed by atoms with E-state index in [4.69, 9.17) is 4.74 Å². The molecule has 1 amide bonds. The summed E-state index contributed by atoms with van der Waals surface area (Å²) < 4.78 is 6.35. The third-order valence-electron chi connectivity index (χ3n) is 5.73. The number of carbonyl (C=O) groups is 1. The number of amides is 1. The van der Waals surface area contributed by atoms with Crippen molar-refractivity contribution in [3.8, 4) is 5.75 Å². The number of para-hydroxylation sites is 1. The number of aryl methyl sites for hydroxylation is 2. The van der Waals surface area contributed by atoms with Gasteiger partial charge in [-0.1, -0.05) is 18.2 Å². The van der Waals surface area contributed by atoms with Gasteiger partial charge in [-0.2, -0.15) is 0 Å². The highest BCUT2D eigenvalue weighted by Gasteiger charge is 2.43. The second kappa shape index (κ2) is 6.83. The molecule has 1 atom stereocenters. The normalized spacial score (nSPS) is 20.1. The Morgan fingerprint density at radius 2 is 2.04 bits per heavy atom. The molecular weight excluding hydrogens is 342 g/mol. The lowest BCUT2D eigenvalue weighted by molar-refractivity contribution is -0.121. The highest BCUT2D eigenvalue weighted by Crippen LogP contribution is 2.46. The van der Waals surface area contributed by atoms with Crippen molar-refractivity contribution < 1.29 is 9.53 Å². The summed E-state index contributed by atoms with van der Waals surface area (Å²) in [5.41, 5.74) is 1.62. The maximum absolute atomic E-state index is 12.8. The number of nitrogens with zero attached hydrogens (tertiary/aromatic N) is 1. The number of ether oxygens (including phenoxy) is 1. The second-order valence-electron chi connectivity index (χ2n) is 7.75. The van der Waals surface area contributed by atoms with Crippen molar-refractivity contribution in [2.24, 2.45) is 0 Å². The Labute approximate surface area is 158 Å². The molecule has 1 aromatic carbocycles. The molecule has 1 aromatic heterocycles. The summed E-state index contributed by atoms with van der Waals surface area (Å²) in [6, 6.07) is 7.82. The van der Waals surface area contributed by atoms with E-state index in [1.165, 1.54) is 0 Å². The van der Waals surface area contributed by atoms with E-state index >= 15 is 0 Å². The van der Waals surface area contributed by atoms with Crippen LogP contribution >= 0.6 is 0 Å². The van der Waals surface area contributed by atoms with Crippen LogP contribution in [0.15, 0.2) is 29.1 Å². The van der Waals surface area contributed by atoms with Crippen molar-refractivity contribution in [3.63, 3.8) is 0 Å². The molecule has 1 aliphatic carbocycles. The Morgan fingerprint density at radius 1 is 1.30 bits per heavy atom. The fourth-order valence-electron chi connectivity index (χ4n) is 4.44. The first-order chi connectivity index (χ1) is 13.0. The first-order valence-electron chi connectivity index (χ1n) is 9.59. The van der Waals surface area contributed by atoms with Gasteiger partial charge in [0.15, 0.2) is 0 Å². The van der Waals surface area contributed by atoms with Crippen molar-refractivity contribution >= 4 is 5.91 Å². The summed E-state index contributed by atoms with van der Waals surface area (Å²) in [6.45, 7) is 3.50. The zero-order valence-corrected chi connectivity index (χ0v) is 15.8. The van der Waals surface area contributed by atoms with Gasteiger partial charge in [0.05, 0.1) is 12.5 Å². The predicted octanol–water partition coefficient (Wildman–Crippen LogP) is 2.88. The van der Waals surface area contributed by atoms with Crippen molar-refractivity contribution in [3.05, 3.63) is 57.3 Å². The molecule has 142 valence electrons. The minimum absolute atomic E-state index is 0.0287. The maximum Gasteiger partial charge on any atom is 0.254 e. The van der Waals surface area contributed by atoms with Gasteiger partial charge in [-0.3, -0.25) is 9.59 Å². The van der Waals surface area contributed by atoms with Crippen molar-refractivity contribution in [2.75, 3.05) is 0 Å². The number of hydrogen-bond donors (Lipinski definition) is 2. The minimum atomic E-state index is -0.241. The molecule has 27 heavy (non-hydrogen) atoms. The van der Waals surface area contributed by atoms with Crippen LogP contribution in [0.25, 0.3) is 0 Å². The molecule has 0 saturated heterocycles. The number of fused-ring (bicyclic) bond motifs is 1. The highest BCUT2D eigenvalue weighted by molar-refractivity contribution is 5.79. The average molecular weight is 367 g/mol. The molecule has 0 radical (unpaired) electrons. The molecular formula is C21H25N3O3. The quantitative estimate of drug-likeness (QED) is 0.874. The summed E-state index contributed by atoms with van der Waals surface area (Å²) in [7, 11) is 0. The Morgan fingerprint density at radius 3 is 2.78 bits per heavy atom. The lowest BCUT2D eigenvalue weighted by Gasteiger charge is -2.40. The number of carbonyl (C=O) groups excluding carboxylic acids is 1. The van der Waals surface area contributed by atoms with E-state index in [0.29, 0.717) is 17.1 Å². The first-order valence-corrected chi connectivity index (χ1v) is 9.59. The predicted molar refractivity (Wildman–Crippen MR) is 102 cm³/mol. The molecule has 1 fully saturated rings. The molecule has 2 aliphatic rings. The molecule has 2 aromatic rings. The van der Waals surface area contributed by atoms with Gasteiger partial charge >= 0.3 is 0 Å². The lowest BCUT2D eigenvalue weighted by Crippen LogP contribution is -2.44. The Bertz CT molecular complexity index is 929. The van der Waals surface area contributed by atoms with Gasteiger partial charge < -0.3 is 15.0 Å². The maximum atomic E-state index is 12.8. The van der Waals surface area contributed by atoms with E-state index in [2.05, 4.69) is 15.3 Å². The third kappa shape index (κ3) is 3.48. The Hall–Kier alpha value is -2.63. The number of aromatic nitrogens is 2. The van der Waals surface area contributed by atoms with Crippen molar-refractivity contribution in [1.82, 2.24) is 15.3 Å². The molecule has 2 heterocycles. The van der Waals surface area contributed by atoms with E-state index in [0.717, 1.165) is 43.4 Å². The lowest BCUT2D eigenvalue weighted by atomic mass is 9.86. The van der Waals surface area contributed by atoms with Crippen LogP contribution in [0.4, 0.5) is 0 Å². The monoisotopic (exact) mass is 367 g/mol. The fraction of sp³-hybridized carbons (Fsp3) is 0.476. The van der Waals surface area contributed by atoms with E-state index < -0.39 is 0 Å². The number of hydrogen-bond acceptors (Lipinski definition) is 4. The molecule has 1 spiro atoms. The van der Waals surface area contributed by atoms with Crippen molar-refractivity contribution in [2.45, 2.75) is 64.0 Å². The van der Waals surface area contributed by atoms with E-state index in [1.54, 1.807) is 13.8 Å². The van der Waals surface area contributed by atoms with Gasteiger partial charge in [0, 0.05) is 23.2 Å². The molecule has 6 nitrogen and oxygen atoms in total. The number of rotatable bonds is 3.